The van der Waals surface area contributed by atoms with Gasteiger partial charge in [-0.2, -0.15) is 0 Å². The van der Waals surface area contributed by atoms with Gasteiger partial charge in [0.1, 0.15) is 11.6 Å². The van der Waals surface area contributed by atoms with Crippen LogP contribution < -0.4 is 0 Å². The lowest BCUT2D eigenvalue weighted by Crippen LogP contribution is -2.04. The van der Waals surface area contributed by atoms with Crippen LogP contribution >= 0.6 is 0 Å². The van der Waals surface area contributed by atoms with Gasteiger partial charge in [-0.25, -0.2) is 8.78 Å². The van der Waals surface area contributed by atoms with Crippen LogP contribution in [0, 0.1) is 11.6 Å². The molecule has 70 valence electrons. The molecule has 0 radical (unpaired) electrons. The summed E-state index contributed by atoms with van der Waals surface area (Å²) in [5.41, 5.74) is -0.0639. The van der Waals surface area contributed by atoms with E-state index in [4.69, 9.17) is 0 Å². The second kappa shape index (κ2) is 3.64. The van der Waals surface area contributed by atoms with Crippen molar-refractivity contribution in [2.75, 3.05) is 0 Å². The van der Waals surface area contributed by atoms with Gasteiger partial charge in [0, 0.05) is 0 Å². The molecule has 0 amide bonds. The molecule has 0 heterocycles. The predicted octanol–water partition coefficient (Wildman–Crippen LogP) is 2.73. The van der Waals surface area contributed by atoms with Crippen molar-refractivity contribution in [3.63, 3.8) is 0 Å². The first kappa shape index (κ1) is 9.84. The maximum atomic E-state index is 13.3. The maximum Gasteiger partial charge on any atom is 0.165 e. The molecule has 1 nitrogen and oxygen atoms in total. The SMILES string of the molecule is CCc1ccc(F)c(C(C)=O)c1F. The Labute approximate surface area is 75.4 Å². The molecule has 1 rings (SSSR count). The first-order valence-corrected chi connectivity index (χ1v) is 4.05. The summed E-state index contributed by atoms with van der Waals surface area (Å²) in [6.45, 7) is 2.90. The summed E-state index contributed by atoms with van der Waals surface area (Å²) >= 11 is 0. The lowest BCUT2D eigenvalue weighted by Gasteiger charge is -2.04. The smallest absolute Gasteiger partial charge is 0.165 e. The molecule has 0 bridgehead atoms. The van der Waals surface area contributed by atoms with Gasteiger partial charge in [0.05, 0.1) is 5.56 Å². The highest BCUT2D eigenvalue weighted by atomic mass is 19.1. The zero-order valence-corrected chi connectivity index (χ0v) is 7.53. The van der Waals surface area contributed by atoms with Gasteiger partial charge >= 0.3 is 0 Å². The first-order valence-electron chi connectivity index (χ1n) is 4.05. The van der Waals surface area contributed by atoms with Gasteiger partial charge in [0.2, 0.25) is 0 Å². The number of carbonyl (C=O) groups is 1. The average Bonchev–Trinajstić information content (AvgIpc) is 2.04. The Morgan fingerprint density at radius 2 is 2.00 bits per heavy atom. The Kier molecular flexibility index (Phi) is 2.76. The third kappa shape index (κ3) is 1.74. The number of ketones is 1. The molecular weight excluding hydrogens is 174 g/mol. The van der Waals surface area contributed by atoms with E-state index >= 15 is 0 Å². The fraction of sp³-hybridized carbons (Fsp3) is 0.300. The quantitative estimate of drug-likeness (QED) is 0.646. The highest BCUT2D eigenvalue weighted by Crippen LogP contribution is 2.17. The summed E-state index contributed by atoms with van der Waals surface area (Å²) in [5.74, 6) is -2.09. The van der Waals surface area contributed by atoms with Crippen molar-refractivity contribution < 1.29 is 13.6 Å². The summed E-state index contributed by atoms with van der Waals surface area (Å²) in [4.78, 5) is 10.9. The molecule has 0 N–H and O–H groups in total. The van der Waals surface area contributed by atoms with Crippen molar-refractivity contribution in [2.45, 2.75) is 20.3 Å². The highest BCUT2D eigenvalue weighted by Gasteiger charge is 2.15. The number of aryl methyl sites for hydroxylation is 1. The van der Waals surface area contributed by atoms with E-state index in [0.717, 1.165) is 13.0 Å². The summed E-state index contributed by atoms with van der Waals surface area (Å²) < 4.78 is 26.3. The molecule has 0 atom stereocenters. The molecule has 13 heavy (non-hydrogen) atoms. The standard InChI is InChI=1S/C10H10F2O/c1-3-7-4-5-8(11)9(6(2)13)10(7)12/h4-5H,3H2,1-2H3. The molecular formula is C10H10F2O. The molecule has 0 aliphatic rings. The third-order valence-corrected chi connectivity index (χ3v) is 1.90. The minimum Gasteiger partial charge on any atom is -0.294 e. The second-order valence-corrected chi connectivity index (χ2v) is 2.81. The van der Waals surface area contributed by atoms with Gasteiger partial charge in [-0.1, -0.05) is 13.0 Å². The van der Waals surface area contributed by atoms with E-state index < -0.39 is 23.0 Å². The van der Waals surface area contributed by atoms with Gasteiger partial charge in [-0.3, -0.25) is 4.79 Å². The van der Waals surface area contributed by atoms with Crippen molar-refractivity contribution >= 4 is 5.78 Å². The van der Waals surface area contributed by atoms with Crippen LogP contribution in [-0.4, -0.2) is 5.78 Å². The molecule has 0 fully saturated rings. The Bertz CT molecular complexity index is 345. The molecule has 0 aliphatic carbocycles. The fourth-order valence-electron chi connectivity index (χ4n) is 1.19. The van der Waals surface area contributed by atoms with Crippen LogP contribution in [0.15, 0.2) is 12.1 Å². The van der Waals surface area contributed by atoms with Crippen LogP contribution in [0.25, 0.3) is 0 Å². The monoisotopic (exact) mass is 184 g/mol. The topological polar surface area (TPSA) is 17.1 Å². The largest absolute Gasteiger partial charge is 0.294 e. The molecule has 0 spiro atoms. The average molecular weight is 184 g/mol. The van der Waals surface area contributed by atoms with Gasteiger partial charge in [0.25, 0.3) is 0 Å². The van der Waals surface area contributed by atoms with Crippen LogP contribution in [0.4, 0.5) is 8.78 Å². The molecule has 0 saturated heterocycles. The van der Waals surface area contributed by atoms with Crippen LogP contribution in [-0.2, 0) is 6.42 Å². The molecule has 1 aromatic rings. The summed E-state index contributed by atoms with van der Waals surface area (Å²) in [6.07, 6.45) is 0.451. The molecule has 0 unspecified atom stereocenters. The number of Topliss-reactive ketones (excluding diaryl/α,β-unsaturated/α-hetero) is 1. The van der Waals surface area contributed by atoms with Crippen LogP contribution in [0.3, 0.4) is 0 Å². The van der Waals surface area contributed by atoms with E-state index in [0.29, 0.717) is 12.0 Å². The molecule has 0 aliphatic heterocycles. The fourth-order valence-corrected chi connectivity index (χ4v) is 1.19. The van der Waals surface area contributed by atoms with Crippen LogP contribution in [0.5, 0.6) is 0 Å². The first-order chi connectivity index (χ1) is 6.07. The van der Waals surface area contributed by atoms with Crippen molar-refractivity contribution in [3.05, 3.63) is 34.9 Å². The van der Waals surface area contributed by atoms with Crippen LogP contribution in [0.1, 0.15) is 29.8 Å². The summed E-state index contributed by atoms with van der Waals surface area (Å²) in [7, 11) is 0. The highest BCUT2D eigenvalue weighted by molar-refractivity contribution is 5.94. The van der Waals surface area contributed by atoms with Crippen molar-refractivity contribution in [1.82, 2.24) is 0 Å². The minimum atomic E-state index is -0.790. The van der Waals surface area contributed by atoms with Gasteiger partial charge < -0.3 is 0 Å². The van der Waals surface area contributed by atoms with Crippen LogP contribution in [0.2, 0.25) is 0 Å². The normalized spacial score (nSPS) is 10.2. The Morgan fingerprint density at radius 1 is 1.38 bits per heavy atom. The Balaban J connectivity index is 3.38. The van der Waals surface area contributed by atoms with Gasteiger partial charge in [0.15, 0.2) is 5.78 Å². The van der Waals surface area contributed by atoms with E-state index in [2.05, 4.69) is 0 Å². The zero-order chi connectivity index (χ0) is 10.0. The molecule has 1 aromatic carbocycles. The van der Waals surface area contributed by atoms with E-state index in [-0.39, 0.29) is 0 Å². The van der Waals surface area contributed by atoms with Crippen molar-refractivity contribution in [2.24, 2.45) is 0 Å². The Hall–Kier alpha value is -1.25. The number of halogens is 2. The second-order valence-electron chi connectivity index (χ2n) is 2.81. The number of rotatable bonds is 2. The van der Waals surface area contributed by atoms with Gasteiger partial charge in [-0.15, -0.1) is 0 Å². The number of carbonyl (C=O) groups excluding carboxylic acids is 1. The van der Waals surface area contributed by atoms with Crippen molar-refractivity contribution in [3.8, 4) is 0 Å². The molecule has 0 aromatic heterocycles. The minimum absolute atomic E-state index is 0.367. The van der Waals surface area contributed by atoms with E-state index in [1.165, 1.54) is 6.07 Å². The predicted molar refractivity (Wildman–Crippen MR) is 45.7 cm³/mol. The lowest BCUT2D eigenvalue weighted by molar-refractivity contribution is 0.100. The Morgan fingerprint density at radius 3 is 2.46 bits per heavy atom. The number of hydrogen-bond donors (Lipinski definition) is 0. The molecule has 3 heteroatoms. The van der Waals surface area contributed by atoms with E-state index in [1.54, 1.807) is 6.92 Å². The summed E-state index contributed by atoms with van der Waals surface area (Å²) in [5, 5.41) is 0. The maximum absolute atomic E-state index is 13.3. The lowest BCUT2D eigenvalue weighted by atomic mass is 10.0. The number of benzene rings is 1. The van der Waals surface area contributed by atoms with E-state index in [1.807, 2.05) is 0 Å². The zero-order valence-electron chi connectivity index (χ0n) is 7.53. The van der Waals surface area contributed by atoms with Crippen molar-refractivity contribution in [1.29, 1.82) is 0 Å². The number of hydrogen-bond acceptors (Lipinski definition) is 1. The van der Waals surface area contributed by atoms with Gasteiger partial charge in [-0.05, 0) is 25.0 Å². The van der Waals surface area contributed by atoms with E-state index in [9.17, 15) is 13.6 Å². The molecule has 0 saturated carbocycles. The third-order valence-electron chi connectivity index (χ3n) is 1.90. The summed E-state index contributed by atoms with van der Waals surface area (Å²) in [6, 6.07) is 2.48.